The standard InChI is InChI=1S/C5H4N2O2/c8-7(9)5-2-1-3-6-4-5/h1-4H/i1D,2D,3D,4D. The van der Waals surface area contributed by atoms with Crippen molar-refractivity contribution in [1.82, 2.24) is 4.98 Å². The van der Waals surface area contributed by atoms with Gasteiger partial charge in [0.15, 0.2) is 0 Å². The van der Waals surface area contributed by atoms with Gasteiger partial charge in [-0.05, 0) is 6.04 Å². The highest BCUT2D eigenvalue weighted by atomic mass is 16.6. The average molecular weight is 128 g/mol. The van der Waals surface area contributed by atoms with Crippen molar-refractivity contribution in [1.29, 1.82) is 0 Å². The van der Waals surface area contributed by atoms with E-state index in [2.05, 4.69) is 4.98 Å². The van der Waals surface area contributed by atoms with Gasteiger partial charge in [0, 0.05) is 12.2 Å². The van der Waals surface area contributed by atoms with E-state index >= 15 is 0 Å². The maximum Gasteiger partial charge on any atom is 0.287 e. The first kappa shape index (κ1) is 2.43. The van der Waals surface area contributed by atoms with Crippen molar-refractivity contribution in [2.45, 2.75) is 0 Å². The minimum Gasteiger partial charge on any atom is -0.258 e. The Morgan fingerprint density at radius 3 is 3.33 bits per heavy atom. The summed E-state index contributed by atoms with van der Waals surface area (Å²) in [6, 6.07) is -1.38. The third-order valence-corrected chi connectivity index (χ3v) is 0.637. The van der Waals surface area contributed by atoms with Gasteiger partial charge in [-0.2, -0.15) is 0 Å². The highest BCUT2D eigenvalue weighted by Crippen LogP contribution is 2.04. The van der Waals surface area contributed by atoms with Crippen LogP contribution in [-0.2, 0) is 0 Å². The normalized spacial score (nSPS) is 15.1. The summed E-state index contributed by atoms with van der Waals surface area (Å²) in [6.45, 7) is 0. The van der Waals surface area contributed by atoms with Gasteiger partial charge in [0.1, 0.15) is 6.17 Å². The molecule has 0 radical (unpaired) electrons. The zero-order valence-electron chi connectivity index (χ0n) is 8.21. The Kier molecular flexibility index (Phi) is 0.597. The summed E-state index contributed by atoms with van der Waals surface area (Å²) < 4.78 is 28.1. The largest absolute Gasteiger partial charge is 0.287 e. The van der Waals surface area contributed by atoms with Crippen LogP contribution in [0, 0.1) is 10.1 Å². The summed E-state index contributed by atoms with van der Waals surface area (Å²) >= 11 is 0. The third kappa shape index (κ3) is 1.22. The SMILES string of the molecule is [2H]c1nc([2H])c([N+](=O)[O-])c([2H])c1[2H]. The summed E-state index contributed by atoms with van der Waals surface area (Å²) in [5.74, 6) is 0. The molecule has 9 heavy (non-hydrogen) atoms. The summed E-state index contributed by atoms with van der Waals surface area (Å²) in [7, 11) is 0. The molecule has 0 aliphatic carbocycles. The number of nitrogens with zero attached hydrogens (tertiary/aromatic N) is 2. The predicted molar refractivity (Wildman–Crippen MR) is 30.9 cm³/mol. The van der Waals surface area contributed by atoms with Gasteiger partial charge in [-0.1, -0.05) is 0 Å². The Morgan fingerprint density at radius 2 is 2.67 bits per heavy atom. The fourth-order valence-corrected chi connectivity index (χ4v) is 0.310. The minimum absolute atomic E-state index is 0.597. The smallest absolute Gasteiger partial charge is 0.258 e. The van der Waals surface area contributed by atoms with E-state index in [9.17, 15) is 10.1 Å². The van der Waals surface area contributed by atoms with Gasteiger partial charge in [0.2, 0.25) is 0 Å². The van der Waals surface area contributed by atoms with Crippen LogP contribution >= 0.6 is 0 Å². The lowest BCUT2D eigenvalue weighted by molar-refractivity contribution is -0.385. The summed E-state index contributed by atoms with van der Waals surface area (Å²) in [5, 5.41) is 10.3. The van der Waals surface area contributed by atoms with E-state index in [1.165, 1.54) is 0 Å². The van der Waals surface area contributed by atoms with Crippen molar-refractivity contribution >= 4 is 5.69 Å². The lowest BCUT2D eigenvalue weighted by atomic mass is 10.4. The van der Waals surface area contributed by atoms with Crippen LogP contribution in [0.2, 0.25) is 0 Å². The van der Waals surface area contributed by atoms with Crippen LogP contribution in [0.4, 0.5) is 5.69 Å². The summed E-state index contributed by atoms with van der Waals surface area (Å²) in [4.78, 5) is 12.5. The van der Waals surface area contributed by atoms with E-state index in [0.29, 0.717) is 0 Å². The van der Waals surface area contributed by atoms with Crippen molar-refractivity contribution in [3.8, 4) is 0 Å². The molecule has 1 heterocycles. The lowest BCUT2D eigenvalue weighted by Crippen LogP contribution is -1.86. The molecule has 0 bridgehead atoms. The molecule has 0 spiro atoms. The molecule has 0 saturated heterocycles. The van der Waals surface area contributed by atoms with Crippen LogP contribution in [0.25, 0.3) is 0 Å². The Balaban J connectivity index is 3.53. The highest BCUT2D eigenvalue weighted by molar-refractivity contribution is 5.23. The van der Waals surface area contributed by atoms with Crippen LogP contribution in [-0.4, -0.2) is 9.91 Å². The first-order valence-corrected chi connectivity index (χ1v) is 2.04. The minimum atomic E-state index is -0.949. The van der Waals surface area contributed by atoms with Gasteiger partial charge in [-0.25, -0.2) is 0 Å². The molecule has 1 aromatic rings. The fraction of sp³-hybridized carbons (Fsp3) is 0. The molecule has 0 atom stereocenters. The van der Waals surface area contributed by atoms with Gasteiger partial charge in [0.05, 0.1) is 10.4 Å². The Hall–Kier alpha value is -1.45. The molecule has 0 fully saturated rings. The average Bonchev–Trinajstić information content (AvgIpc) is 1.99. The second kappa shape index (κ2) is 2.21. The zero-order valence-corrected chi connectivity index (χ0v) is 4.21. The van der Waals surface area contributed by atoms with E-state index < -0.39 is 35.0 Å². The van der Waals surface area contributed by atoms with Crippen LogP contribution in [0.1, 0.15) is 5.48 Å². The van der Waals surface area contributed by atoms with Gasteiger partial charge in [0.25, 0.3) is 5.69 Å². The molecule has 0 aliphatic heterocycles. The quantitative estimate of drug-likeness (QED) is 0.418. The molecule has 1 rings (SSSR count). The highest BCUT2D eigenvalue weighted by Gasteiger charge is 1.99. The molecule has 46 valence electrons. The number of aromatic nitrogens is 1. The summed E-state index contributed by atoms with van der Waals surface area (Å²) in [6.07, 6.45) is -1.35. The lowest BCUT2D eigenvalue weighted by Gasteiger charge is -1.84. The van der Waals surface area contributed by atoms with Crippen LogP contribution in [0.3, 0.4) is 0 Å². The Bertz CT molecular complexity index is 381. The molecular weight excluding hydrogens is 120 g/mol. The molecular formula is C5H4N2O2. The molecule has 0 amide bonds. The van der Waals surface area contributed by atoms with Gasteiger partial charge in [-0.15, -0.1) is 0 Å². The molecule has 0 N–H and O–H groups in total. The number of pyridine rings is 1. The van der Waals surface area contributed by atoms with Gasteiger partial charge >= 0.3 is 0 Å². The van der Waals surface area contributed by atoms with E-state index in [1.807, 2.05) is 0 Å². The van der Waals surface area contributed by atoms with Crippen molar-refractivity contribution < 1.29 is 10.4 Å². The topological polar surface area (TPSA) is 56.0 Å². The predicted octanol–water partition coefficient (Wildman–Crippen LogP) is 0.990. The molecule has 4 heteroatoms. The van der Waals surface area contributed by atoms with E-state index in [4.69, 9.17) is 5.48 Å². The molecule has 0 unspecified atom stereocenters. The zero-order chi connectivity index (χ0) is 10.2. The number of hydrogen-bond acceptors (Lipinski definition) is 3. The molecule has 1 aromatic heterocycles. The first-order chi connectivity index (χ1) is 5.95. The number of nitro groups is 1. The van der Waals surface area contributed by atoms with Crippen molar-refractivity contribution in [2.24, 2.45) is 0 Å². The Labute approximate surface area is 56.9 Å². The van der Waals surface area contributed by atoms with Crippen molar-refractivity contribution in [3.63, 3.8) is 0 Å². The van der Waals surface area contributed by atoms with Crippen LogP contribution in [0.15, 0.2) is 24.4 Å². The maximum absolute atomic E-state index is 10.3. The second-order valence-electron chi connectivity index (χ2n) is 1.19. The first-order valence-electron chi connectivity index (χ1n) is 4.04. The fourth-order valence-electron chi connectivity index (χ4n) is 0.310. The third-order valence-electron chi connectivity index (χ3n) is 0.637. The number of rotatable bonds is 1. The van der Waals surface area contributed by atoms with Crippen molar-refractivity contribution in [2.75, 3.05) is 0 Å². The van der Waals surface area contributed by atoms with Crippen molar-refractivity contribution in [3.05, 3.63) is 34.5 Å². The Morgan fingerprint density at radius 1 is 1.89 bits per heavy atom. The molecule has 0 aliphatic rings. The second-order valence-corrected chi connectivity index (χ2v) is 1.19. The van der Waals surface area contributed by atoms with Crippen LogP contribution < -0.4 is 0 Å². The van der Waals surface area contributed by atoms with E-state index in [0.717, 1.165) is 0 Å². The van der Waals surface area contributed by atoms with Crippen LogP contribution in [0.5, 0.6) is 0 Å². The monoisotopic (exact) mass is 128 g/mol. The maximum atomic E-state index is 10.3. The number of hydrogen-bond donors (Lipinski definition) is 0. The van der Waals surface area contributed by atoms with E-state index in [-0.39, 0.29) is 0 Å². The molecule has 4 nitrogen and oxygen atoms in total. The van der Waals surface area contributed by atoms with E-state index in [1.54, 1.807) is 0 Å². The summed E-state index contributed by atoms with van der Waals surface area (Å²) in [5.41, 5.74) is -0.832. The molecule has 0 saturated carbocycles. The van der Waals surface area contributed by atoms with Gasteiger partial charge < -0.3 is 0 Å². The molecule has 0 aromatic carbocycles. The van der Waals surface area contributed by atoms with Gasteiger partial charge in [-0.3, -0.25) is 15.1 Å².